The summed E-state index contributed by atoms with van der Waals surface area (Å²) in [7, 11) is 0. The van der Waals surface area contributed by atoms with Crippen molar-refractivity contribution in [1.29, 1.82) is 0 Å². The van der Waals surface area contributed by atoms with Crippen LogP contribution < -0.4 is 5.32 Å². The molecule has 1 aliphatic heterocycles. The minimum absolute atomic E-state index is 0.00912. The van der Waals surface area contributed by atoms with Crippen LogP contribution in [0.15, 0.2) is 60.7 Å². The van der Waals surface area contributed by atoms with Crippen molar-refractivity contribution >= 4 is 23.6 Å². The maximum Gasteiger partial charge on any atom is 0.254 e. The minimum atomic E-state index is -0.212. The van der Waals surface area contributed by atoms with Crippen molar-refractivity contribution in [1.82, 2.24) is 4.90 Å². The SMILES string of the molecule is O=C(C=Cc1ccccc1)Nc1ccc(C(=O)N2CCOCC2)cc1. The molecule has 5 nitrogen and oxygen atoms in total. The second kappa shape index (κ2) is 8.26. The molecule has 5 heteroatoms. The van der Waals surface area contributed by atoms with Crippen LogP contribution in [-0.2, 0) is 9.53 Å². The van der Waals surface area contributed by atoms with Gasteiger partial charge in [0.15, 0.2) is 0 Å². The number of hydrogen-bond acceptors (Lipinski definition) is 3. The van der Waals surface area contributed by atoms with E-state index in [9.17, 15) is 9.59 Å². The molecule has 0 bridgehead atoms. The van der Waals surface area contributed by atoms with Crippen molar-refractivity contribution < 1.29 is 14.3 Å². The lowest BCUT2D eigenvalue weighted by atomic mass is 10.1. The Kier molecular flexibility index (Phi) is 5.59. The molecule has 25 heavy (non-hydrogen) atoms. The largest absolute Gasteiger partial charge is 0.378 e. The predicted molar refractivity (Wildman–Crippen MR) is 97.3 cm³/mol. The van der Waals surface area contributed by atoms with E-state index in [1.807, 2.05) is 30.3 Å². The standard InChI is InChI=1S/C20H20N2O3/c23-19(11-6-16-4-2-1-3-5-16)21-18-9-7-17(8-10-18)20(24)22-12-14-25-15-13-22/h1-11H,12-15H2,(H,21,23). The van der Waals surface area contributed by atoms with Crippen LogP contribution in [-0.4, -0.2) is 43.0 Å². The van der Waals surface area contributed by atoms with Crippen molar-refractivity contribution in [2.45, 2.75) is 0 Å². The second-order valence-corrected chi connectivity index (χ2v) is 5.72. The summed E-state index contributed by atoms with van der Waals surface area (Å²) in [5.74, 6) is -0.221. The molecule has 2 aromatic carbocycles. The summed E-state index contributed by atoms with van der Waals surface area (Å²) in [5.41, 5.74) is 2.23. The number of ether oxygens (including phenoxy) is 1. The number of benzene rings is 2. The Balaban J connectivity index is 1.57. The summed E-state index contributed by atoms with van der Waals surface area (Å²) >= 11 is 0. The highest BCUT2D eigenvalue weighted by Gasteiger charge is 2.18. The Hall–Kier alpha value is -2.92. The average molecular weight is 336 g/mol. The maximum atomic E-state index is 12.4. The zero-order valence-electron chi connectivity index (χ0n) is 13.9. The van der Waals surface area contributed by atoms with Crippen LogP contribution in [0.1, 0.15) is 15.9 Å². The molecule has 0 radical (unpaired) electrons. The average Bonchev–Trinajstić information content (AvgIpc) is 2.68. The molecule has 0 atom stereocenters. The topological polar surface area (TPSA) is 58.6 Å². The minimum Gasteiger partial charge on any atom is -0.378 e. The van der Waals surface area contributed by atoms with Gasteiger partial charge in [-0.1, -0.05) is 30.3 Å². The Morgan fingerprint density at radius 2 is 1.64 bits per heavy atom. The first-order valence-corrected chi connectivity index (χ1v) is 8.23. The Labute approximate surface area is 146 Å². The molecule has 0 aromatic heterocycles. The molecule has 0 unspecified atom stereocenters. The van der Waals surface area contributed by atoms with Crippen molar-refractivity contribution in [3.8, 4) is 0 Å². The zero-order valence-corrected chi connectivity index (χ0v) is 13.9. The van der Waals surface area contributed by atoms with E-state index in [2.05, 4.69) is 5.32 Å². The summed E-state index contributed by atoms with van der Waals surface area (Å²) in [5, 5.41) is 2.79. The van der Waals surface area contributed by atoms with Gasteiger partial charge in [0, 0.05) is 30.4 Å². The third-order valence-corrected chi connectivity index (χ3v) is 3.92. The lowest BCUT2D eigenvalue weighted by Gasteiger charge is -2.26. The summed E-state index contributed by atoms with van der Waals surface area (Å²) < 4.78 is 5.26. The first kappa shape index (κ1) is 16.9. The number of rotatable bonds is 4. The predicted octanol–water partition coefficient (Wildman–Crippen LogP) is 2.81. The number of nitrogens with one attached hydrogen (secondary N) is 1. The van der Waals surface area contributed by atoms with Crippen LogP contribution in [0.3, 0.4) is 0 Å². The normalized spacial score (nSPS) is 14.5. The van der Waals surface area contributed by atoms with E-state index in [1.165, 1.54) is 6.08 Å². The van der Waals surface area contributed by atoms with Crippen molar-refractivity contribution in [2.24, 2.45) is 0 Å². The summed E-state index contributed by atoms with van der Waals surface area (Å²) in [6.07, 6.45) is 3.24. The molecule has 1 fully saturated rings. The number of nitrogens with zero attached hydrogens (tertiary/aromatic N) is 1. The molecule has 2 amide bonds. The van der Waals surface area contributed by atoms with E-state index in [-0.39, 0.29) is 11.8 Å². The molecule has 128 valence electrons. The van der Waals surface area contributed by atoms with Gasteiger partial charge in [0.25, 0.3) is 5.91 Å². The van der Waals surface area contributed by atoms with E-state index in [0.29, 0.717) is 37.6 Å². The lowest BCUT2D eigenvalue weighted by Crippen LogP contribution is -2.40. The maximum absolute atomic E-state index is 12.4. The Morgan fingerprint density at radius 3 is 2.32 bits per heavy atom. The van der Waals surface area contributed by atoms with Crippen LogP contribution >= 0.6 is 0 Å². The van der Waals surface area contributed by atoms with Crippen molar-refractivity contribution in [2.75, 3.05) is 31.6 Å². The quantitative estimate of drug-likeness (QED) is 0.874. The van der Waals surface area contributed by atoms with E-state index in [4.69, 9.17) is 4.74 Å². The van der Waals surface area contributed by atoms with Crippen LogP contribution in [0.2, 0.25) is 0 Å². The van der Waals surface area contributed by atoms with Crippen molar-refractivity contribution in [3.63, 3.8) is 0 Å². The highest BCUT2D eigenvalue weighted by atomic mass is 16.5. The molecule has 3 rings (SSSR count). The van der Waals surface area contributed by atoms with Gasteiger partial charge in [-0.15, -0.1) is 0 Å². The molecular weight excluding hydrogens is 316 g/mol. The second-order valence-electron chi connectivity index (χ2n) is 5.72. The first-order chi connectivity index (χ1) is 12.2. The van der Waals surface area contributed by atoms with Gasteiger partial charge >= 0.3 is 0 Å². The molecule has 1 N–H and O–H groups in total. The molecule has 1 heterocycles. The Bertz CT molecular complexity index is 748. The highest BCUT2D eigenvalue weighted by Crippen LogP contribution is 2.13. The van der Waals surface area contributed by atoms with Crippen LogP contribution in [0.5, 0.6) is 0 Å². The van der Waals surface area contributed by atoms with E-state index >= 15 is 0 Å². The fourth-order valence-corrected chi connectivity index (χ4v) is 2.57. The molecule has 1 aliphatic rings. The molecule has 1 saturated heterocycles. The van der Waals surface area contributed by atoms with Gasteiger partial charge in [0.05, 0.1) is 13.2 Å². The fourth-order valence-electron chi connectivity index (χ4n) is 2.57. The lowest BCUT2D eigenvalue weighted by molar-refractivity contribution is -0.111. The van der Waals surface area contributed by atoms with Gasteiger partial charge in [-0.05, 0) is 35.9 Å². The number of hydrogen-bond donors (Lipinski definition) is 1. The molecule has 0 aliphatic carbocycles. The summed E-state index contributed by atoms with van der Waals surface area (Å²) in [6.45, 7) is 2.38. The number of carbonyl (C=O) groups is 2. The number of anilines is 1. The summed E-state index contributed by atoms with van der Waals surface area (Å²) in [6, 6.07) is 16.6. The van der Waals surface area contributed by atoms with Gasteiger partial charge < -0.3 is 15.0 Å². The smallest absolute Gasteiger partial charge is 0.254 e. The van der Waals surface area contributed by atoms with Crippen LogP contribution in [0, 0.1) is 0 Å². The van der Waals surface area contributed by atoms with Gasteiger partial charge in [0.2, 0.25) is 5.91 Å². The number of carbonyl (C=O) groups excluding carboxylic acids is 2. The molecule has 0 saturated carbocycles. The van der Waals surface area contributed by atoms with Crippen LogP contribution in [0.4, 0.5) is 5.69 Å². The molecular formula is C20H20N2O3. The van der Waals surface area contributed by atoms with E-state index in [0.717, 1.165) is 5.56 Å². The Morgan fingerprint density at radius 1 is 0.960 bits per heavy atom. The number of morpholine rings is 1. The third kappa shape index (κ3) is 4.78. The van der Waals surface area contributed by atoms with Crippen LogP contribution in [0.25, 0.3) is 6.08 Å². The summed E-state index contributed by atoms with van der Waals surface area (Å²) in [4.78, 5) is 26.1. The van der Waals surface area contributed by atoms with Gasteiger partial charge in [0.1, 0.15) is 0 Å². The third-order valence-electron chi connectivity index (χ3n) is 3.92. The monoisotopic (exact) mass is 336 g/mol. The first-order valence-electron chi connectivity index (χ1n) is 8.23. The fraction of sp³-hybridized carbons (Fsp3) is 0.200. The van der Waals surface area contributed by atoms with Gasteiger partial charge in [-0.2, -0.15) is 0 Å². The van der Waals surface area contributed by atoms with Gasteiger partial charge in [-0.25, -0.2) is 0 Å². The molecule has 0 spiro atoms. The van der Waals surface area contributed by atoms with E-state index in [1.54, 1.807) is 35.2 Å². The highest BCUT2D eigenvalue weighted by molar-refractivity contribution is 6.02. The van der Waals surface area contributed by atoms with Crippen molar-refractivity contribution in [3.05, 3.63) is 71.8 Å². The number of amides is 2. The van der Waals surface area contributed by atoms with E-state index < -0.39 is 0 Å². The molecule has 2 aromatic rings. The zero-order chi connectivity index (χ0) is 17.5. The van der Waals surface area contributed by atoms with Gasteiger partial charge in [-0.3, -0.25) is 9.59 Å².